The highest BCUT2D eigenvalue weighted by molar-refractivity contribution is 6.08. The Hall–Kier alpha value is -3.91. The van der Waals surface area contributed by atoms with Crippen molar-refractivity contribution in [2.24, 2.45) is 12.8 Å². The highest BCUT2D eigenvalue weighted by atomic mass is 16.5. The molecule has 1 fully saturated rings. The van der Waals surface area contributed by atoms with E-state index >= 15 is 0 Å². The lowest BCUT2D eigenvalue weighted by Gasteiger charge is -2.33. The molecule has 1 aliphatic rings. The van der Waals surface area contributed by atoms with Gasteiger partial charge in [-0.05, 0) is 39.7 Å². The number of aromatic nitrogens is 5. The summed E-state index contributed by atoms with van der Waals surface area (Å²) in [5.41, 5.74) is 7.16. The van der Waals surface area contributed by atoms with Crippen LogP contribution in [0.15, 0.2) is 15.7 Å². The fourth-order valence-corrected chi connectivity index (χ4v) is 4.91. The van der Waals surface area contributed by atoms with Crippen LogP contribution in [0.25, 0.3) is 11.0 Å². The summed E-state index contributed by atoms with van der Waals surface area (Å²) in [6, 6.07) is 1.73. The van der Waals surface area contributed by atoms with E-state index in [0.29, 0.717) is 24.7 Å². The quantitative estimate of drug-likeness (QED) is 0.406. The molecule has 0 aromatic carbocycles. The molecule has 2 N–H and O–H groups in total. The van der Waals surface area contributed by atoms with Crippen LogP contribution in [0, 0.1) is 25.7 Å². The van der Waals surface area contributed by atoms with Gasteiger partial charge in [0.1, 0.15) is 22.7 Å². The Labute approximate surface area is 208 Å². The molecule has 0 bridgehead atoms. The SMILES string of the molecule is CC#CCn1c(N2CCC[C@@H](N)C2)c(C(=O)OC)c2c1c(=O)n(Cc1nc(C)cc(C)n1)c(=O)n2C. The molecule has 3 aromatic rings. The van der Waals surface area contributed by atoms with Gasteiger partial charge in [-0.3, -0.25) is 13.9 Å². The van der Waals surface area contributed by atoms with Gasteiger partial charge in [0.05, 0.1) is 25.7 Å². The number of methoxy groups -OCH3 is 1. The van der Waals surface area contributed by atoms with Gasteiger partial charge in [0.2, 0.25) is 0 Å². The minimum atomic E-state index is -0.637. The molecular weight excluding hydrogens is 462 g/mol. The number of ether oxygens (including phenoxy) is 1. The van der Waals surface area contributed by atoms with Crippen molar-refractivity contribution in [3.63, 3.8) is 0 Å². The Morgan fingerprint density at radius 1 is 1.19 bits per heavy atom. The summed E-state index contributed by atoms with van der Waals surface area (Å²) in [7, 11) is 2.82. The van der Waals surface area contributed by atoms with Gasteiger partial charge in [0.15, 0.2) is 0 Å². The van der Waals surface area contributed by atoms with Crippen molar-refractivity contribution in [3.8, 4) is 11.8 Å². The summed E-state index contributed by atoms with van der Waals surface area (Å²) in [5, 5.41) is 0. The predicted octanol–water partition coefficient (Wildman–Crippen LogP) is 0.694. The smallest absolute Gasteiger partial charge is 0.343 e. The summed E-state index contributed by atoms with van der Waals surface area (Å²) in [5.74, 6) is 6.07. The zero-order valence-electron chi connectivity index (χ0n) is 21.3. The van der Waals surface area contributed by atoms with E-state index in [4.69, 9.17) is 10.5 Å². The molecule has 1 saturated heterocycles. The van der Waals surface area contributed by atoms with Gasteiger partial charge >= 0.3 is 11.7 Å². The van der Waals surface area contributed by atoms with E-state index < -0.39 is 17.2 Å². The topological polar surface area (TPSA) is 130 Å². The van der Waals surface area contributed by atoms with Crippen molar-refractivity contribution in [1.82, 2.24) is 23.7 Å². The first-order valence-electron chi connectivity index (χ1n) is 11.8. The van der Waals surface area contributed by atoms with Gasteiger partial charge in [-0.15, -0.1) is 5.92 Å². The third-order valence-corrected chi connectivity index (χ3v) is 6.40. The maximum absolute atomic E-state index is 13.9. The van der Waals surface area contributed by atoms with Gasteiger partial charge < -0.3 is 19.9 Å². The molecule has 0 spiro atoms. The second kappa shape index (κ2) is 9.99. The number of hydrogen-bond donors (Lipinski definition) is 1. The number of nitrogens with zero attached hydrogens (tertiary/aromatic N) is 6. The molecule has 0 aliphatic carbocycles. The fraction of sp³-hybridized carbons (Fsp3) is 0.480. The largest absolute Gasteiger partial charge is 0.465 e. The highest BCUT2D eigenvalue weighted by Gasteiger charge is 2.33. The van der Waals surface area contributed by atoms with E-state index in [2.05, 4.69) is 21.8 Å². The van der Waals surface area contributed by atoms with E-state index in [0.717, 1.165) is 28.8 Å². The number of hydrogen-bond acceptors (Lipinski definition) is 8. The molecule has 11 heteroatoms. The van der Waals surface area contributed by atoms with Crippen LogP contribution in [0.2, 0.25) is 0 Å². The lowest BCUT2D eigenvalue weighted by molar-refractivity contribution is 0.0603. The summed E-state index contributed by atoms with van der Waals surface area (Å²) in [6.45, 7) is 6.55. The molecule has 0 amide bonds. The van der Waals surface area contributed by atoms with E-state index in [1.165, 1.54) is 18.7 Å². The van der Waals surface area contributed by atoms with E-state index in [1.54, 1.807) is 11.5 Å². The third kappa shape index (κ3) is 4.40. The van der Waals surface area contributed by atoms with Crippen LogP contribution >= 0.6 is 0 Å². The van der Waals surface area contributed by atoms with Crippen molar-refractivity contribution < 1.29 is 9.53 Å². The molecule has 11 nitrogen and oxygen atoms in total. The Balaban J connectivity index is 2.08. The molecule has 3 aromatic heterocycles. The van der Waals surface area contributed by atoms with Crippen LogP contribution < -0.4 is 21.9 Å². The number of rotatable bonds is 5. The molecular formula is C25H31N7O4. The standard InChI is InChI=1S/C25H31N7O4/c1-6-7-11-31-21-20(19(24(34)36-5)22(31)30-10-8-9-17(26)13-30)29(4)25(35)32(23(21)33)14-18-27-15(2)12-16(3)28-18/h12,17H,8-11,13-14,26H2,1-5H3/t17-/m1/s1. The van der Waals surface area contributed by atoms with Gasteiger partial charge in [-0.1, -0.05) is 5.92 Å². The Morgan fingerprint density at radius 2 is 1.89 bits per heavy atom. The molecule has 0 unspecified atom stereocenters. The first-order chi connectivity index (χ1) is 17.2. The van der Waals surface area contributed by atoms with E-state index in [-0.39, 0.29) is 35.7 Å². The molecule has 1 aliphatic heterocycles. The lowest BCUT2D eigenvalue weighted by Crippen LogP contribution is -2.44. The molecule has 36 heavy (non-hydrogen) atoms. The van der Waals surface area contributed by atoms with E-state index in [9.17, 15) is 14.4 Å². The molecule has 4 heterocycles. The van der Waals surface area contributed by atoms with Crippen LogP contribution in [0.5, 0.6) is 0 Å². The van der Waals surface area contributed by atoms with Crippen LogP contribution in [0.4, 0.5) is 5.82 Å². The zero-order valence-corrected chi connectivity index (χ0v) is 21.3. The van der Waals surface area contributed by atoms with Crippen molar-refractivity contribution in [2.75, 3.05) is 25.1 Å². The maximum Gasteiger partial charge on any atom is 0.343 e. The van der Waals surface area contributed by atoms with Gasteiger partial charge in [-0.25, -0.2) is 19.6 Å². The first-order valence-corrected chi connectivity index (χ1v) is 11.8. The predicted molar refractivity (Wildman–Crippen MR) is 136 cm³/mol. The van der Waals surface area contributed by atoms with Crippen molar-refractivity contribution in [2.45, 2.75) is 52.7 Å². The number of nitrogens with two attached hydrogens (primary N) is 1. The average molecular weight is 494 g/mol. The number of carbonyl (C=O) groups excluding carboxylic acids is 1. The summed E-state index contributed by atoms with van der Waals surface area (Å²) in [6.07, 6.45) is 1.69. The van der Waals surface area contributed by atoms with Crippen molar-refractivity contribution in [1.29, 1.82) is 0 Å². The minimum Gasteiger partial charge on any atom is -0.465 e. The number of esters is 1. The molecule has 4 rings (SSSR count). The second-order valence-corrected chi connectivity index (χ2v) is 9.05. The number of aryl methyl sites for hydroxylation is 3. The summed E-state index contributed by atoms with van der Waals surface area (Å²) >= 11 is 0. The fourth-order valence-electron chi connectivity index (χ4n) is 4.91. The second-order valence-electron chi connectivity index (χ2n) is 9.05. The molecule has 0 saturated carbocycles. The van der Waals surface area contributed by atoms with Gasteiger partial charge in [-0.2, -0.15) is 0 Å². The van der Waals surface area contributed by atoms with Gasteiger partial charge in [0.25, 0.3) is 5.56 Å². The number of fused-ring (bicyclic) bond motifs is 1. The van der Waals surface area contributed by atoms with Crippen molar-refractivity contribution in [3.05, 3.63) is 49.7 Å². The van der Waals surface area contributed by atoms with Crippen LogP contribution in [0.1, 0.15) is 47.3 Å². The third-order valence-electron chi connectivity index (χ3n) is 6.40. The van der Waals surface area contributed by atoms with Crippen LogP contribution in [-0.4, -0.2) is 55.9 Å². The van der Waals surface area contributed by atoms with Crippen LogP contribution in [0.3, 0.4) is 0 Å². The monoisotopic (exact) mass is 493 g/mol. The lowest BCUT2D eigenvalue weighted by atomic mass is 10.1. The van der Waals surface area contributed by atoms with Crippen molar-refractivity contribution >= 4 is 22.8 Å². The number of piperidine rings is 1. The van der Waals surface area contributed by atoms with E-state index in [1.807, 2.05) is 24.8 Å². The first kappa shape index (κ1) is 25.2. The molecule has 190 valence electrons. The zero-order chi connectivity index (χ0) is 26.1. The highest BCUT2D eigenvalue weighted by Crippen LogP contribution is 2.33. The summed E-state index contributed by atoms with van der Waals surface area (Å²) < 4.78 is 9.23. The number of carbonyl (C=O) groups is 1. The minimum absolute atomic E-state index is 0.0878. The van der Waals surface area contributed by atoms with Gasteiger partial charge in [0, 0.05) is 37.6 Å². The molecule has 0 radical (unpaired) electrons. The normalized spacial score (nSPS) is 15.6. The molecule has 1 atom stereocenters. The Morgan fingerprint density at radius 3 is 2.50 bits per heavy atom. The number of anilines is 1. The Bertz CT molecular complexity index is 1500. The summed E-state index contributed by atoms with van der Waals surface area (Å²) in [4.78, 5) is 51.3. The maximum atomic E-state index is 13.9. The Kier molecular flexibility index (Phi) is 6.99. The average Bonchev–Trinajstić information content (AvgIpc) is 3.18. The van der Waals surface area contributed by atoms with Crippen LogP contribution in [-0.2, 0) is 24.9 Å².